The summed E-state index contributed by atoms with van der Waals surface area (Å²) in [6.45, 7) is 2.58. The second-order valence-electron chi connectivity index (χ2n) is 5.91. The normalized spacial score (nSPS) is 17.5. The Labute approximate surface area is 149 Å². The zero-order valence-electron chi connectivity index (χ0n) is 13.6. The zero-order chi connectivity index (χ0) is 17.2. The number of hydrogen-bond acceptors (Lipinski definition) is 5. The van der Waals surface area contributed by atoms with E-state index in [1.54, 1.807) is 33.7 Å². The van der Waals surface area contributed by atoms with Crippen LogP contribution in [0.1, 0.15) is 16.3 Å². The number of ether oxygens (including phenoxy) is 1. The molecule has 6 nitrogen and oxygen atoms in total. The van der Waals surface area contributed by atoms with E-state index in [2.05, 4.69) is 0 Å². The number of fused-ring (bicyclic) bond motifs is 1. The molecule has 1 aromatic heterocycles. The minimum Gasteiger partial charge on any atom is -0.454 e. The fourth-order valence-corrected chi connectivity index (χ4v) is 3.92. The highest BCUT2D eigenvalue weighted by molar-refractivity contribution is 8.00. The van der Waals surface area contributed by atoms with Crippen molar-refractivity contribution in [3.63, 3.8) is 0 Å². The van der Waals surface area contributed by atoms with Gasteiger partial charge in [0.25, 0.3) is 5.91 Å². The molecule has 2 aromatic rings. The predicted octanol–water partition coefficient (Wildman–Crippen LogP) is 2.39. The zero-order valence-corrected chi connectivity index (χ0v) is 14.5. The van der Waals surface area contributed by atoms with Crippen molar-refractivity contribution < 1.29 is 18.7 Å². The van der Waals surface area contributed by atoms with E-state index in [4.69, 9.17) is 9.15 Å². The lowest BCUT2D eigenvalue weighted by Crippen LogP contribution is -2.40. The van der Waals surface area contributed by atoms with Gasteiger partial charge >= 0.3 is 0 Å². The number of thioether (sulfide) groups is 1. The van der Waals surface area contributed by atoms with Crippen molar-refractivity contribution >= 4 is 29.3 Å². The summed E-state index contributed by atoms with van der Waals surface area (Å²) in [5.74, 6) is 1.24. The van der Waals surface area contributed by atoms with Gasteiger partial charge in [0.15, 0.2) is 5.76 Å². The molecule has 0 unspecified atom stereocenters. The molecule has 2 aliphatic rings. The van der Waals surface area contributed by atoms with Gasteiger partial charge in [-0.1, -0.05) is 12.1 Å². The summed E-state index contributed by atoms with van der Waals surface area (Å²) in [4.78, 5) is 29.3. The van der Waals surface area contributed by atoms with Crippen LogP contribution < -0.4 is 4.90 Å². The lowest BCUT2D eigenvalue weighted by Gasteiger charge is -2.28. The van der Waals surface area contributed by atoms with E-state index >= 15 is 0 Å². The first kappa shape index (κ1) is 16.2. The van der Waals surface area contributed by atoms with Crippen molar-refractivity contribution in [1.29, 1.82) is 0 Å². The summed E-state index contributed by atoms with van der Waals surface area (Å²) in [7, 11) is 0. The number of amides is 2. The van der Waals surface area contributed by atoms with Gasteiger partial charge in [0.1, 0.15) is 5.76 Å². The maximum atomic E-state index is 12.5. The number of carbonyl (C=O) groups excluding carboxylic acids is 2. The Bertz CT molecular complexity index is 798. The van der Waals surface area contributed by atoms with Gasteiger partial charge < -0.3 is 19.0 Å². The average molecular weight is 358 g/mol. The fraction of sp³-hybridized carbons (Fsp3) is 0.333. The molecule has 1 fully saturated rings. The van der Waals surface area contributed by atoms with Crippen LogP contribution in [-0.2, 0) is 16.1 Å². The van der Waals surface area contributed by atoms with Crippen molar-refractivity contribution in [3.05, 3.63) is 47.9 Å². The Kier molecular flexibility index (Phi) is 4.50. The number of hydrogen-bond donors (Lipinski definition) is 0. The highest BCUT2D eigenvalue weighted by Crippen LogP contribution is 2.35. The van der Waals surface area contributed by atoms with E-state index in [0.29, 0.717) is 50.1 Å². The minimum atomic E-state index is -0.129. The van der Waals surface area contributed by atoms with E-state index in [9.17, 15) is 9.59 Å². The Morgan fingerprint density at radius 2 is 1.92 bits per heavy atom. The third-order valence-electron chi connectivity index (χ3n) is 4.29. The van der Waals surface area contributed by atoms with Crippen LogP contribution in [-0.4, -0.2) is 48.8 Å². The van der Waals surface area contributed by atoms with Gasteiger partial charge in [-0.3, -0.25) is 9.59 Å². The molecular formula is C18H18N2O4S. The quantitative estimate of drug-likeness (QED) is 0.843. The number of carbonyl (C=O) groups is 2. The number of nitrogens with zero attached hydrogens (tertiary/aromatic N) is 2. The van der Waals surface area contributed by atoms with Crippen molar-refractivity contribution in [3.8, 4) is 0 Å². The van der Waals surface area contributed by atoms with Crippen molar-refractivity contribution in [2.45, 2.75) is 11.4 Å². The Morgan fingerprint density at radius 3 is 2.76 bits per heavy atom. The predicted molar refractivity (Wildman–Crippen MR) is 93.8 cm³/mol. The van der Waals surface area contributed by atoms with Gasteiger partial charge in [0.2, 0.25) is 5.91 Å². The monoisotopic (exact) mass is 358 g/mol. The summed E-state index contributed by atoms with van der Waals surface area (Å²) in [5.41, 5.74) is 0.890. The second-order valence-corrected chi connectivity index (χ2v) is 6.92. The van der Waals surface area contributed by atoms with Gasteiger partial charge in [-0.2, -0.15) is 0 Å². The smallest absolute Gasteiger partial charge is 0.289 e. The lowest BCUT2D eigenvalue weighted by atomic mass is 10.2. The fourth-order valence-electron chi connectivity index (χ4n) is 2.98. The van der Waals surface area contributed by atoms with Crippen LogP contribution in [0.4, 0.5) is 5.69 Å². The van der Waals surface area contributed by atoms with Crippen LogP contribution in [0.25, 0.3) is 0 Å². The SMILES string of the molecule is O=C(c1ccc(CN2C(=O)CSc3ccccc32)o1)N1CCOCC1. The van der Waals surface area contributed by atoms with E-state index < -0.39 is 0 Å². The molecule has 7 heteroatoms. The molecule has 0 aliphatic carbocycles. The van der Waals surface area contributed by atoms with Crippen LogP contribution in [0.5, 0.6) is 0 Å². The summed E-state index contributed by atoms with van der Waals surface area (Å²) >= 11 is 1.55. The maximum Gasteiger partial charge on any atom is 0.289 e. The largest absolute Gasteiger partial charge is 0.454 e. The van der Waals surface area contributed by atoms with Gasteiger partial charge in [0.05, 0.1) is 31.2 Å². The number of morpholine rings is 1. The molecular weight excluding hydrogens is 340 g/mol. The maximum absolute atomic E-state index is 12.5. The Morgan fingerprint density at radius 1 is 1.12 bits per heavy atom. The van der Waals surface area contributed by atoms with E-state index in [-0.39, 0.29) is 11.8 Å². The molecule has 130 valence electrons. The van der Waals surface area contributed by atoms with Crippen LogP contribution in [0, 0.1) is 0 Å². The minimum absolute atomic E-state index is 0.0427. The molecule has 0 saturated carbocycles. The molecule has 1 aromatic carbocycles. The van der Waals surface area contributed by atoms with Crippen molar-refractivity contribution in [2.75, 3.05) is 37.0 Å². The standard InChI is InChI=1S/C18H18N2O4S/c21-17-12-25-16-4-2-1-3-14(16)20(17)11-13-5-6-15(24-13)18(22)19-7-9-23-10-8-19/h1-6H,7-12H2. The highest BCUT2D eigenvalue weighted by atomic mass is 32.2. The third kappa shape index (κ3) is 3.29. The number of anilines is 1. The first-order valence-electron chi connectivity index (χ1n) is 8.20. The first-order chi connectivity index (χ1) is 12.2. The molecule has 4 rings (SSSR count). The molecule has 2 aliphatic heterocycles. The third-order valence-corrected chi connectivity index (χ3v) is 5.34. The number of furan rings is 1. The van der Waals surface area contributed by atoms with Crippen LogP contribution in [0.2, 0.25) is 0 Å². The molecule has 0 bridgehead atoms. The summed E-state index contributed by atoms with van der Waals surface area (Å²) in [5, 5.41) is 0. The van der Waals surface area contributed by atoms with Gasteiger partial charge in [-0.05, 0) is 24.3 Å². The summed E-state index contributed by atoms with van der Waals surface area (Å²) in [6, 6.07) is 11.3. The molecule has 0 spiro atoms. The van der Waals surface area contributed by atoms with E-state index in [1.807, 2.05) is 24.3 Å². The Hall–Kier alpha value is -2.25. The molecule has 25 heavy (non-hydrogen) atoms. The van der Waals surface area contributed by atoms with Crippen molar-refractivity contribution in [2.24, 2.45) is 0 Å². The van der Waals surface area contributed by atoms with Crippen LogP contribution in [0.15, 0.2) is 45.7 Å². The molecule has 0 atom stereocenters. The topological polar surface area (TPSA) is 63.0 Å². The van der Waals surface area contributed by atoms with Crippen LogP contribution in [0.3, 0.4) is 0 Å². The van der Waals surface area contributed by atoms with Gasteiger partial charge in [0, 0.05) is 18.0 Å². The second kappa shape index (κ2) is 6.93. The number of para-hydroxylation sites is 1. The summed E-state index contributed by atoms with van der Waals surface area (Å²) in [6.07, 6.45) is 0. The average Bonchev–Trinajstić information content (AvgIpc) is 3.13. The Balaban J connectivity index is 1.51. The molecule has 0 radical (unpaired) electrons. The molecule has 1 saturated heterocycles. The molecule has 0 N–H and O–H groups in total. The van der Waals surface area contributed by atoms with Gasteiger partial charge in [-0.15, -0.1) is 11.8 Å². The van der Waals surface area contributed by atoms with Crippen LogP contribution >= 0.6 is 11.8 Å². The van der Waals surface area contributed by atoms with E-state index in [0.717, 1.165) is 10.6 Å². The molecule has 3 heterocycles. The number of benzene rings is 1. The highest BCUT2D eigenvalue weighted by Gasteiger charge is 2.26. The van der Waals surface area contributed by atoms with Crippen molar-refractivity contribution in [1.82, 2.24) is 4.90 Å². The first-order valence-corrected chi connectivity index (χ1v) is 9.19. The number of rotatable bonds is 3. The lowest BCUT2D eigenvalue weighted by molar-refractivity contribution is -0.116. The summed E-state index contributed by atoms with van der Waals surface area (Å²) < 4.78 is 11.0. The molecule has 2 amide bonds. The van der Waals surface area contributed by atoms with E-state index in [1.165, 1.54) is 0 Å². The van der Waals surface area contributed by atoms with Gasteiger partial charge in [-0.25, -0.2) is 0 Å².